The molecule has 3 aromatic heterocycles. The number of nitrogens with zero attached hydrogens (tertiary/aromatic N) is 3. The molecule has 0 saturated carbocycles. The Morgan fingerprint density at radius 3 is 1.37 bits per heavy atom. The first-order valence-electron chi connectivity index (χ1n) is 13.7. The molecule has 6 aromatic carbocycles. The van der Waals surface area contributed by atoms with Gasteiger partial charge in [-0.2, -0.15) is 5.26 Å². The largest absolute Gasteiger partial charge is 0.456 e. The Morgan fingerprint density at radius 2 is 0.878 bits per heavy atom. The Hall–Kier alpha value is -5.79. The molecule has 4 nitrogen and oxygen atoms in total. The maximum Gasteiger partial charge on any atom is 0.139 e. The molecule has 0 spiro atoms. The lowest BCUT2D eigenvalue weighted by atomic mass is 10.0. The molecule has 0 atom stereocenters. The van der Waals surface area contributed by atoms with Gasteiger partial charge in [-0.25, -0.2) is 0 Å². The van der Waals surface area contributed by atoms with Gasteiger partial charge in [0.1, 0.15) is 17.2 Å². The molecule has 0 fully saturated rings. The van der Waals surface area contributed by atoms with Crippen LogP contribution in [0, 0.1) is 11.3 Å². The van der Waals surface area contributed by atoms with Crippen LogP contribution in [0.3, 0.4) is 0 Å². The summed E-state index contributed by atoms with van der Waals surface area (Å²) in [5.41, 5.74) is 8.11. The standard InChI is InChI=1S/C37H21N3O/c38-22-23-21-34-35(28-15-5-10-20-33(28)41-34)37(40-31-18-8-3-13-26(31)27-14-4-9-19-32(27)40)36(23)39-29-16-6-1-11-24(29)25-12-2-7-17-30(25)39/h1-21H. The summed E-state index contributed by atoms with van der Waals surface area (Å²) in [5, 5.41) is 17.4. The molecule has 0 bridgehead atoms. The second-order valence-corrected chi connectivity index (χ2v) is 10.4. The third-order valence-electron chi connectivity index (χ3n) is 8.34. The molecule has 3 heterocycles. The summed E-state index contributed by atoms with van der Waals surface area (Å²) < 4.78 is 11.0. The molecule has 0 N–H and O–H groups in total. The molecule has 0 radical (unpaired) electrons. The summed E-state index contributed by atoms with van der Waals surface area (Å²) in [5.74, 6) is 0. The van der Waals surface area contributed by atoms with Crippen LogP contribution in [0.25, 0.3) is 76.9 Å². The van der Waals surface area contributed by atoms with Gasteiger partial charge in [0.25, 0.3) is 0 Å². The fraction of sp³-hybridized carbons (Fsp3) is 0. The third kappa shape index (κ3) is 2.87. The van der Waals surface area contributed by atoms with Gasteiger partial charge in [0.05, 0.1) is 44.4 Å². The molecular formula is C37H21N3O. The predicted molar refractivity (Wildman–Crippen MR) is 167 cm³/mol. The molecular weight excluding hydrogens is 502 g/mol. The smallest absolute Gasteiger partial charge is 0.139 e. The quantitative estimate of drug-likeness (QED) is 0.226. The van der Waals surface area contributed by atoms with Gasteiger partial charge in [-0.1, -0.05) is 91.0 Å². The Labute approximate surface area is 234 Å². The summed E-state index contributed by atoms with van der Waals surface area (Å²) in [7, 11) is 0. The van der Waals surface area contributed by atoms with Crippen molar-refractivity contribution in [3.63, 3.8) is 0 Å². The first kappa shape index (κ1) is 22.1. The Kier molecular flexibility index (Phi) is 4.37. The van der Waals surface area contributed by atoms with E-state index in [9.17, 15) is 5.26 Å². The zero-order valence-corrected chi connectivity index (χ0v) is 21.9. The molecule has 0 aliphatic carbocycles. The number of hydrogen-bond acceptors (Lipinski definition) is 2. The SMILES string of the molecule is N#Cc1cc2oc3ccccc3c2c(-n2c3ccccc3c3ccccc32)c1-n1c2ccccc2c2ccccc21. The Morgan fingerprint density at radius 1 is 0.463 bits per heavy atom. The monoisotopic (exact) mass is 523 g/mol. The zero-order valence-electron chi connectivity index (χ0n) is 21.9. The fourth-order valence-electron chi connectivity index (χ4n) is 6.71. The van der Waals surface area contributed by atoms with E-state index in [1.165, 1.54) is 10.8 Å². The number of para-hydroxylation sites is 5. The minimum absolute atomic E-state index is 0.555. The van der Waals surface area contributed by atoms with Crippen molar-refractivity contribution in [2.24, 2.45) is 0 Å². The van der Waals surface area contributed by atoms with Gasteiger partial charge in [0, 0.05) is 33.0 Å². The van der Waals surface area contributed by atoms with Crippen molar-refractivity contribution in [1.29, 1.82) is 5.26 Å². The second-order valence-electron chi connectivity index (χ2n) is 10.4. The molecule has 41 heavy (non-hydrogen) atoms. The van der Waals surface area contributed by atoms with E-state index < -0.39 is 0 Å². The van der Waals surface area contributed by atoms with Crippen LogP contribution in [0.4, 0.5) is 0 Å². The van der Waals surface area contributed by atoms with E-state index in [1.54, 1.807) is 0 Å². The fourth-order valence-corrected chi connectivity index (χ4v) is 6.71. The van der Waals surface area contributed by atoms with Crippen LogP contribution >= 0.6 is 0 Å². The Balaban J connectivity index is 1.62. The van der Waals surface area contributed by atoms with Crippen LogP contribution in [-0.2, 0) is 0 Å². The minimum atomic E-state index is 0.555. The van der Waals surface area contributed by atoms with Crippen LogP contribution in [-0.4, -0.2) is 9.13 Å². The number of benzene rings is 6. The van der Waals surface area contributed by atoms with Gasteiger partial charge in [-0.3, -0.25) is 0 Å². The number of fused-ring (bicyclic) bond motifs is 9. The first-order chi connectivity index (χ1) is 20.3. The van der Waals surface area contributed by atoms with E-state index in [2.05, 4.69) is 118 Å². The number of rotatable bonds is 2. The van der Waals surface area contributed by atoms with Gasteiger partial charge in [-0.05, 0) is 30.3 Å². The number of nitriles is 1. The summed E-state index contributed by atoms with van der Waals surface area (Å²) >= 11 is 0. The summed E-state index contributed by atoms with van der Waals surface area (Å²) in [4.78, 5) is 0. The van der Waals surface area contributed by atoms with Crippen molar-refractivity contribution in [2.45, 2.75) is 0 Å². The molecule has 4 heteroatoms. The lowest BCUT2D eigenvalue weighted by Crippen LogP contribution is -2.06. The van der Waals surface area contributed by atoms with Crippen LogP contribution in [0.15, 0.2) is 132 Å². The highest BCUT2D eigenvalue weighted by atomic mass is 16.3. The molecule has 0 saturated heterocycles. The topological polar surface area (TPSA) is 46.8 Å². The van der Waals surface area contributed by atoms with E-state index in [4.69, 9.17) is 4.42 Å². The van der Waals surface area contributed by atoms with Gasteiger partial charge in [-0.15, -0.1) is 0 Å². The van der Waals surface area contributed by atoms with Crippen molar-refractivity contribution in [3.8, 4) is 17.4 Å². The van der Waals surface area contributed by atoms with Crippen LogP contribution < -0.4 is 0 Å². The first-order valence-corrected chi connectivity index (χ1v) is 13.7. The average Bonchev–Trinajstić information content (AvgIpc) is 3.68. The molecule has 190 valence electrons. The zero-order chi connectivity index (χ0) is 27.1. The lowest BCUT2D eigenvalue weighted by Gasteiger charge is -2.19. The summed E-state index contributed by atoms with van der Waals surface area (Å²) in [6.07, 6.45) is 0. The highest BCUT2D eigenvalue weighted by molar-refractivity contribution is 6.17. The highest BCUT2D eigenvalue weighted by Gasteiger charge is 2.26. The van der Waals surface area contributed by atoms with Gasteiger partial charge < -0.3 is 13.6 Å². The van der Waals surface area contributed by atoms with Crippen molar-refractivity contribution in [1.82, 2.24) is 9.13 Å². The van der Waals surface area contributed by atoms with E-state index >= 15 is 0 Å². The van der Waals surface area contributed by atoms with Crippen molar-refractivity contribution in [2.75, 3.05) is 0 Å². The van der Waals surface area contributed by atoms with Crippen LogP contribution in [0.1, 0.15) is 5.56 Å². The maximum absolute atomic E-state index is 10.7. The number of hydrogen-bond donors (Lipinski definition) is 0. The minimum Gasteiger partial charge on any atom is -0.456 e. The Bertz CT molecular complexity index is 2450. The summed E-state index contributed by atoms with van der Waals surface area (Å²) in [6, 6.07) is 46.5. The van der Waals surface area contributed by atoms with Gasteiger partial charge >= 0.3 is 0 Å². The molecule has 9 aromatic rings. The molecule has 0 unspecified atom stereocenters. The van der Waals surface area contributed by atoms with E-state index in [0.717, 1.165) is 60.6 Å². The maximum atomic E-state index is 10.7. The molecule has 9 rings (SSSR count). The van der Waals surface area contributed by atoms with Crippen molar-refractivity contribution >= 4 is 65.6 Å². The third-order valence-corrected chi connectivity index (χ3v) is 8.34. The van der Waals surface area contributed by atoms with E-state index in [-0.39, 0.29) is 0 Å². The average molecular weight is 524 g/mol. The van der Waals surface area contributed by atoms with Crippen molar-refractivity contribution in [3.05, 3.63) is 133 Å². The molecule has 0 amide bonds. The van der Waals surface area contributed by atoms with Crippen LogP contribution in [0.2, 0.25) is 0 Å². The van der Waals surface area contributed by atoms with Gasteiger partial charge in [0.2, 0.25) is 0 Å². The predicted octanol–water partition coefficient (Wildman–Crippen LogP) is 9.65. The van der Waals surface area contributed by atoms with Gasteiger partial charge in [0.15, 0.2) is 0 Å². The van der Waals surface area contributed by atoms with Crippen molar-refractivity contribution < 1.29 is 4.42 Å². The number of furan rings is 1. The summed E-state index contributed by atoms with van der Waals surface area (Å²) in [6.45, 7) is 0. The number of aromatic nitrogens is 2. The molecule has 0 aliphatic heterocycles. The van der Waals surface area contributed by atoms with E-state index in [0.29, 0.717) is 11.1 Å². The van der Waals surface area contributed by atoms with Crippen LogP contribution in [0.5, 0.6) is 0 Å². The lowest BCUT2D eigenvalue weighted by molar-refractivity contribution is 0.668. The highest BCUT2D eigenvalue weighted by Crippen LogP contribution is 2.45. The second kappa shape index (κ2) is 8.11. The normalized spacial score (nSPS) is 11.9. The molecule has 0 aliphatic rings. The van der Waals surface area contributed by atoms with E-state index in [1.807, 2.05) is 24.3 Å².